The molecule has 6 saturated heterocycles. The number of hydrogen-bond donors (Lipinski definition) is 3. The molecule has 0 saturated carbocycles. The first kappa shape index (κ1) is 95.5. The molecule has 6 aliphatic heterocycles. The van der Waals surface area contributed by atoms with Crippen molar-refractivity contribution in [3.63, 3.8) is 0 Å². The van der Waals surface area contributed by atoms with Crippen molar-refractivity contribution in [3.8, 4) is 0 Å². The summed E-state index contributed by atoms with van der Waals surface area (Å²) in [4.78, 5) is 147. The van der Waals surface area contributed by atoms with Crippen LogP contribution >= 0.6 is 0 Å². The number of rotatable bonds is 29. The molecule has 2 amide bonds. The van der Waals surface area contributed by atoms with Gasteiger partial charge in [-0.1, -0.05) is 0 Å². The van der Waals surface area contributed by atoms with Crippen LogP contribution in [0.25, 0.3) is 0 Å². The van der Waals surface area contributed by atoms with Crippen molar-refractivity contribution in [2.24, 2.45) is 0 Å². The van der Waals surface area contributed by atoms with Gasteiger partial charge in [-0.05, 0) is 108 Å². The van der Waals surface area contributed by atoms with Crippen LogP contribution in [0.15, 0.2) is 55.8 Å². The number of carbonyl (C=O) groups is 6. The van der Waals surface area contributed by atoms with Crippen molar-refractivity contribution >= 4 is 71.4 Å². The van der Waals surface area contributed by atoms with Gasteiger partial charge in [-0.15, -0.1) is 0 Å². The first-order valence-corrected chi connectivity index (χ1v) is 42.9. The van der Waals surface area contributed by atoms with Crippen molar-refractivity contribution < 1.29 is 92.8 Å². The molecule has 0 bridgehead atoms. The second-order valence-corrected chi connectivity index (χ2v) is 30.5. The fourth-order valence-electron chi connectivity index (χ4n) is 15.4. The molecule has 15 rings (SSSR count). The van der Waals surface area contributed by atoms with Crippen molar-refractivity contribution in [1.29, 1.82) is 0 Å². The van der Waals surface area contributed by atoms with Gasteiger partial charge in [-0.2, -0.15) is 0 Å². The second kappa shape index (κ2) is 52.2. The van der Waals surface area contributed by atoms with Crippen molar-refractivity contribution in [1.82, 2.24) is 89.6 Å². The number of aromatic nitrogens is 12. The van der Waals surface area contributed by atoms with Crippen LogP contribution in [0.3, 0.4) is 0 Å². The Morgan fingerprint density at radius 1 is 0.382 bits per heavy atom. The third kappa shape index (κ3) is 30.3. The summed E-state index contributed by atoms with van der Waals surface area (Å²) in [5.74, 6) is 1.91. The number of nitrogens with zero attached hydrogens (tertiary/aromatic N) is 23. The minimum atomic E-state index is -1.03. The van der Waals surface area contributed by atoms with E-state index in [2.05, 4.69) is 94.3 Å². The van der Waals surface area contributed by atoms with E-state index in [1.165, 1.54) is 109 Å². The summed E-state index contributed by atoms with van der Waals surface area (Å²) in [6.07, 6.45) is 29.5. The van der Waals surface area contributed by atoms with E-state index in [1.807, 2.05) is 28.4 Å². The first-order valence-electron chi connectivity index (χ1n) is 43.6. The second-order valence-electron chi connectivity index (χ2n) is 30.5. The zero-order valence-corrected chi connectivity index (χ0v) is 71.8. The SMILES string of the molecule is CCOC(=O)c1cnc(N2CCN(CCOCCC(=O)N3CCN(c4ncc5c(n4)CCCC5)CC3)CC2)nc1.CCOC(=O)c1cnc(N2CCN(CCOCCC(=O)O)CC2)nc1.O=C(O)c1cnc(N2CCN(CCOCCC(=O)N3CCN(c4ncc5c(n4)CCCC5)CC3)CC2)nc1.[2H]CF.[Li+].[OH-].c1nc(N2CCNCC2)nc2c1CCCC2. The van der Waals surface area contributed by atoms with Crippen LogP contribution in [-0.4, -0.2) is 372 Å². The van der Waals surface area contributed by atoms with E-state index >= 15 is 0 Å². The molecule has 40 heteroatoms. The summed E-state index contributed by atoms with van der Waals surface area (Å²) in [6.45, 7) is 29.2. The molecule has 6 fully saturated rings. The number of carboxylic acids is 2. The molecule has 0 atom stereocenters. The fraction of sp³-hybridized carbons (Fsp3) is 0.639. The van der Waals surface area contributed by atoms with Crippen LogP contribution in [0.2, 0.25) is 0 Å². The Morgan fingerprint density at radius 2 is 0.659 bits per heavy atom. The maximum absolute atomic E-state index is 12.7. The Labute approximate surface area is 732 Å². The zero-order chi connectivity index (χ0) is 85.6. The van der Waals surface area contributed by atoms with Crippen LogP contribution in [0.4, 0.5) is 40.1 Å². The monoisotopic (exact) mass is 1710 g/mol. The molecule has 6 aromatic rings. The third-order valence-electron chi connectivity index (χ3n) is 22.6. The number of carboxylic acid groups (broad SMARTS) is 2. The van der Waals surface area contributed by atoms with E-state index < -0.39 is 31.0 Å². The number of esters is 2. The van der Waals surface area contributed by atoms with Gasteiger partial charge in [0.15, 0.2) is 0 Å². The fourth-order valence-corrected chi connectivity index (χ4v) is 15.4. The van der Waals surface area contributed by atoms with Gasteiger partial charge in [-0.3, -0.25) is 33.5 Å². The number of alkyl halides is 1. The molecule has 3 aliphatic carbocycles. The molecule has 123 heavy (non-hydrogen) atoms. The van der Waals surface area contributed by atoms with E-state index in [9.17, 15) is 33.2 Å². The summed E-state index contributed by atoms with van der Waals surface area (Å²) in [7, 11) is -1.00. The van der Waals surface area contributed by atoms with Crippen LogP contribution in [0, 0.1) is 0 Å². The number of fused-ring (bicyclic) bond motifs is 3. The minimum absolute atomic E-state index is 0. The third-order valence-corrected chi connectivity index (χ3v) is 22.6. The quantitative estimate of drug-likeness (QED) is 0.0324. The number of piperazine rings is 6. The molecular weight excluding hydrogens is 1580 g/mol. The number of halogens is 1. The van der Waals surface area contributed by atoms with Gasteiger partial charge in [-0.25, -0.2) is 74.2 Å². The molecule has 9 aliphatic rings. The Hall–Kier alpha value is -9.69. The number of amides is 2. The van der Waals surface area contributed by atoms with Gasteiger partial charge >= 0.3 is 42.7 Å². The van der Waals surface area contributed by atoms with E-state index in [4.69, 9.17) is 50.2 Å². The molecule has 0 unspecified atom stereocenters. The number of aromatic carboxylic acids is 1. The van der Waals surface area contributed by atoms with E-state index in [-0.39, 0.29) is 54.7 Å². The number of carbonyl (C=O) groups excluding carboxylic acids is 4. The number of anilines is 6. The zero-order valence-electron chi connectivity index (χ0n) is 72.8. The Kier molecular flexibility index (Phi) is 40.5. The molecule has 0 radical (unpaired) electrons. The van der Waals surface area contributed by atoms with Crippen LogP contribution in [0.1, 0.15) is 138 Å². The molecule has 4 N–H and O–H groups in total. The molecular formula is C83H122FLiN24O14. The topological polar surface area (TPSA) is 421 Å². The smallest absolute Gasteiger partial charge is 0.870 e. The van der Waals surface area contributed by atoms with Crippen molar-refractivity contribution in [3.05, 3.63) is 106 Å². The summed E-state index contributed by atoms with van der Waals surface area (Å²) in [6, 6.07) is 0. The summed E-state index contributed by atoms with van der Waals surface area (Å²) >= 11 is 0. The predicted molar refractivity (Wildman–Crippen MR) is 453 cm³/mol. The minimum Gasteiger partial charge on any atom is -0.870 e. The number of nitrogens with one attached hydrogen (secondary N) is 1. The average molecular weight is 1710 g/mol. The number of aryl methyl sites for hydroxylation is 6. The summed E-state index contributed by atoms with van der Waals surface area (Å²) < 4.78 is 42.3. The normalized spacial score (nSPS) is 17.4. The van der Waals surface area contributed by atoms with Gasteiger partial charge < -0.3 is 83.9 Å². The standard InChI is InChI=1S/C28H40N8O4.C26H36N8O4.C16H24N4O5.C12H18N4.CH3F.Li.H2O/c1-2-40-26(38)23-20-29-27(30-21-23)35-10-8-33(9-11-35)16-18-39-17-7-25(37)34-12-14-36(15-13-34)28-31-19-22-5-3-4-6-24(22)32-28;35-23(32-10-12-34(13-11-32)26-29-17-20-3-1-2-4-22(20)30-26)5-15-38-16-14-31-6-8-33(9-7-31)25-27-18-21(19-28-25)24(36)37;1-2-25-15(23)13-11-17-16(18-12-13)20-6-4-19(5-7-20)8-10-24-9-3-14(21)22;1-2-4-11-10(3-1)9-14-12(15-11)16-7-5-13-6-8-16;1-2;;/h19-21H,2-18H2,1H3;17-19H,1-16H2,(H,36,37);11-12H,2-10H2,1H3,(H,21,22);9,13H,1-8H2;1H3;;1H2/q;;;;;+1;/p-1/i;;;;1D;;. The van der Waals surface area contributed by atoms with Crippen LogP contribution < -0.4 is 53.6 Å². The molecule has 666 valence electrons. The van der Waals surface area contributed by atoms with Gasteiger partial charge in [0.2, 0.25) is 47.5 Å². The Balaban J connectivity index is 0.000000192. The average Bonchev–Trinajstić information content (AvgIpc) is 0.807. The van der Waals surface area contributed by atoms with Gasteiger partial charge in [0.1, 0.15) is 0 Å². The molecule has 38 nitrogen and oxygen atoms in total. The number of hydrogen-bond acceptors (Lipinski definition) is 34. The van der Waals surface area contributed by atoms with E-state index in [0.717, 1.165) is 207 Å². The largest absolute Gasteiger partial charge is 1.00 e. The van der Waals surface area contributed by atoms with Crippen molar-refractivity contribution in [2.75, 3.05) is 266 Å². The van der Waals surface area contributed by atoms with E-state index in [1.54, 1.807) is 13.8 Å². The number of aliphatic carboxylic acids is 1. The molecule has 0 spiro atoms. The maximum Gasteiger partial charge on any atom is 1.00 e. The number of ether oxygens (including phenoxy) is 5. The predicted octanol–water partition coefficient (Wildman–Crippen LogP) is 0.365. The summed E-state index contributed by atoms with van der Waals surface area (Å²) in [5.41, 5.74) is 8.43. The Bertz CT molecular complexity index is 4220. The van der Waals surface area contributed by atoms with Gasteiger partial charge in [0, 0.05) is 250 Å². The Morgan fingerprint density at radius 3 is 0.967 bits per heavy atom. The first-order chi connectivity index (χ1) is 59.6. The summed E-state index contributed by atoms with van der Waals surface area (Å²) in [5, 5.41) is 20.9. The molecule has 6 aromatic heterocycles. The van der Waals surface area contributed by atoms with Gasteiger partial charge in [0.05, 0.1) is 97.3 Å². The van der Waals surface area contributed by atoms with Crippen LogP contribution in [-0.2, 0) is 76.6 Å². The van der Waals surface area contributed by atoms with Gasteiger partial charge in [0.25, 0.3) is 0 Å². The van der Waals surface area contributed by atoms with E-state index in [0.29, 0.717) is 114 Å². The molecule has 0 aromatic carbocycles. The van der Waals surface area contributed by atoms with Crippen LogP contribution in [0.5, 0.6) is 0 Å². The van der Waals surface area contributed by atoms with Crippen molar-refractivity contribution in [2.45, 2.75) is 110 Å². The molecule has 12 heterocycles. The maximum atomic E-state index is 12.7.